The van der Waals surface area contributed by atoms with Crippen molar-refractivity contribution in [3.63, 3.8) is 0 Å². The number of hydrogen-bond acceptors (Lipinski definition) is 11. The first-order valence-electron chi connectivity index (χ1n) is 16.0. The minimum absolute atomic E-state index is 0.0270. The van der Waals surface area contributed by atoms with Gasteiger partial charge in [-0.3, -0.25) is 0 Å². The number of aliphatic hydroxyl groups is 1. The predicted octanol–water partition coefficient (Wildman–Crippen LogP) is 2.22. The maximum Gasteiger partial charge on any atom is 0.407 e. The molecule has 2 aromatic carbocycles. The Hall–Kier alpha value is -2.99. The summed E-state index contributed by atoms with van der Waals surface area (Å²) in [5, 5.41) is 14.5. The summed E-state index contributed by atoms with van der Waals surface area (Å²) in [6, 6.07) is 12.9. The number of benzene rings is 2. The number of rotatable bonds is 16. The molecule has 14 nitrogen and oxygen atoms in total. The Morgan fingerprint density at radius 3 is 2.60 bits per heavy atom. The van der Waals surface area contributed by atoms with Crippen molar-refractivity contribution >= 4 is 26.1 Å². The normalized spacial score (nSPS) is 22.0. The van der Waals surface area contributed by atoms with Gasteiger partial charge < -0.3 is 34.1 Å². The number of carbonyl (C=O) groups excluding carboxylic acids is 1. The second-order valence-electron chi connectivity index (χ2n) is 13.2. The number of ether oxygens (including phenoxy) is 5. The molecule has 0 aliphatic carbocycles. The molecule has 16 heteroatoms. The van der Waals surface area contributed by atoms with Gasteiger partial charge in [0.05, 0.1) is 37.5 Å². The molecule has 3 N–H and O–H groups in total. The van der Waals surface area contributed by atoms with Crippen LogP contribution in [0.1, 0.15) is 38.7 Å². The number of alkyl carbamates (subject to hydrolysis) is 1. The fraction of sp³-hybridized carbons (Fsp3) is 0.594. The number of sulfonamides is 2. The fourth-order valence-electron chi connectivity index (χ4n) is 6.23. The first-order valence-corrected chi connectivity index (χ1v) is 19.3. The zero-order valence-electron chi connectivity index (χ0n) is 27.4. The molecule has 266 valence electrons. The van der Waals surface area contributed by atoms with E-state index in [0.29, 0.717) is 31.6 Å². The molecular formula is C32H45N3O11S2. The van der Waals surface area contributed by atoms with Gasteiger partial charge in [0.1, 0.15) is 11.0 Å². The molecule has 0 unspecified atom stereocenters. The molecule has 3 heterocycles. The Bertz CT molecular complexity index is 1620. The van der Waals surface area contributed by atoms with E-state index in [9.17, 15) is 26.7 Å². The first-order chi connectivity index (χ1) is 22.7. The highest BCUT2D eigenvalue weighted by molar-refractivity contribution is 7.89. The van der Waals surface area contributed by atoms with Crippen molar-refractivity contribution in [1.82, 2.24) is 14.3 Å². The van der Waals surface area contributed by atoms with E-state index in [1.807, 2.05) is 44.2 Å². The zero-order chi connectivity index (χ0) is 34.5. The van der Waals surface area contributed by atoms with Crippen LogP contribution < -0.4 is 19.5 Å². The Kier molecular flexibility index (Phi) is 11.5. The van der Waals surface area contributed by atoms with E-state index < -0.39 is 56.1 Å². The number of hydrogen-bond donors (Lipinski definition) is 3. The lowest BCUT2D eigenvalue weighted by Crippen LogP contribution is -2.52. The molecule has 0 spiro atoms. The van der Waals surface area contributed by atoms with E-state index in [1.54, 1.807) is 12.1 Å². The van der Waals surface area contributed by atoms with Crippen molar-refractivity contribution in [2.75, 3.05) is 45.9 Å². The molecule has 0 radical (unpaired) electrons. The summed E-state index contributed by atoms with van der Waals surface area (Å²) in [7, 11) is -7.67. The van der Waals surface area contributed by atoms with Crippen LogP contribution in [0.5, 0.6) is 11.5 Å². The lowest BCUT2D eigenvalue weighted by molar-refractivity contribution is -0.0907. The van der Waals surface area contributed by atoms with E-state index >= 15 is 0 Å². The SMILES string of the molecule is CC(C)(CCCNS(C)(=O)=O)CN(C[C@@H](O)[C@H](Cc1ccccc1)NC(=O)O[C@H]1CO[C@H]2OCC[C@H]21)S(=O)(=O)c1cccc2c1OCO2. The van der Waals surface area contributed by atoms with E-state index in [2.05, 4.69) is 10.0 Å². The van der Waals surface area contributed by atoms with Gasteiger partial charge >= 0.3 is 6.09 Å². The van der Waals surface area contributed by atoms with Gasteiger partial charge in [-0.25, -0.2) is 26.4 Å². The van der Waals surface area contributed by atoms with Crippen LogP contribution in [0.3, 0.4) is 0 Å². The molecule has 5 rings (SSSR count). The Morgan fingerprint density at radius 1 is 1.08 bits per heavy atom. The van der Waals surface area contributed by atoms with Crippen LogP contribution in [-0.4, -0.2) is 103 Å². The molecule has 0 saturated carbocycles. The minimum Gasteiger partial charge on any atom is -0.454 e. The van der Waals surface area contributed by atoms with E-state index in [-0.39, 0.29) is 56.0 Å². The monoisotopic (exact) mass is 711 g/mol. The number of amides is 1. The van der Waals surface area contributed by atoms with Crippen molar-refractivity contribution in [3.05, 3.63) is 54.1 Å². The summed E-state index contributed by atoms with van der Waals surface area (Å²) in [5.41, 5.74) is 0.167. The predicted molar refractivity (Wildman–Crippen MR) is 174 cm³/mol. The molecule has 0 bridgehead atoms. The van der Waals surface area contributed by atoms with Gasteiger partial charge in [-0.1, -0.05) is 50.2 Å². The molecule has 5 atom stereocenters. The lowest BCUT2D eigenvalue weighted by Gasteiger charge is -2.35. The van der Waals surface area contributed by atoms with Crippen molar-refractivity contribution in [2.45, 2.75) is 69.0 Å². The minimum atomic E-state index is -4.29. The van der Waals surface area contributed by atoms with Crippen LogP contribution in [0, 0.1) is 11.3 Å². The van der Waals surface area contributed by atoms with Gasteiger partial charge in [-0.2, -0.15) is 4.31 Å². The number of aliphatic hydroxyl groups excluding tert-OH is 1. The fourth-order valence-corrected chi connectivity index (χ4v) is 8.54. The average molecular weight is 712 g/mol. The number of carbonyl (C=O) groups is 1. The number of nitrogens with one attached hydrogen (secondary N) is 2. The third-order valence-electron chi connectivity index (χ3n) is 8.68. The topological polar surface area (TPSA) is 179 Å². The third-order valence-corrected chi connectivity index (χ3v) is 11.2. The zero-order valence-corrected chi connectivity index (χ0v) is 29.0. The van der Waals surface area contributed by atoms with Crippen molar-refractivity contribution in [1.29, 1.82) is 0 Å². The van der Waals surface area contributed by atoms with Gasteiger partial charge in [0.25, 0.3) is 0 Å². The molecule has 0 aromatic heterocycles. The first kappa shape index (κ1) is 36.3. The quantitative estimate of drug-likeness (QED) is 0.218. The van der Waals surface area contributed by atoms with Crippen LogP contribution in [0.4, 0.5) is 4.79 Å². The van der Waals surface area contributed by atoms with Crippen molar-refractivity contribution in [2.24, 2.45) is 11.3 Å². The third kappa shape index (κ3) is 9.37. The Morgan fingerprint density at radius 2 is 1.85 bits per heavy atom. The maximum absolute atomic E-state index is 14.4. The van der Waals surface area contributed by atoms with Crippen LogP contribution in [0.15, 0.2) is 53.4 Å². The summed E-state index contributed by atoms with van der Waals surface area (Å²) in [6.07, 6.45) is -0.149. The average Bonchev–Trinajstić information content (AvgIpc) is 3.77. The summed E-state index contributed by atoms with van der Waals surface area (Å²) >= 11 is 0. The van der Waals surface area contributed by atoms with Crippen LogP contribution in [-0.2, 0) is 40.7 Å². The van der Waals surface area contributed by atoms with Gasteiger partial charge in [-0.15, -0.1) is 0 Å². The standard InChI is InChI=1S/C32H45N3O11S2/c1-32(2,14-8-15-33-47(3,38)39)20-35(48(40,41)28-12-7-11-26-29(28)45-21-44-26)18-25(36)24(17-22-9-5-4-6-10-22)34-31(37)46-27-19-43-30-23(27)13-16-42-30/h4-7,9-12,23-25,27,30,33,36H,8,13-21H2,1-3H3,(H,34,37)/t23-,24-,25+,27-,30+/m0/s1. The smallest absolute Gasteiger partial charge is 0.407 e. The molecule has 1 amide bonds. The number of para-hydroxylation sites is 1. The van der Waals surface area contributed by atoms with E-state index in [0.717, 1.165) is 11.8 Å². The summed E-state index contributed by atoms with van der Waals surface area (Å²) < 4.78 is 83.3. The maximum atomic E-state index is 14.4. The van der Waals surface area contributed by atoms with Crippen LogP contribution in [0.25, 0.3) is 0 Å². The second-order valence-corrected chi connectivity index (χ2v) is 16.9. The largest absolute Gasteiger partial charge is 0.454 e. The van der Waals surface area contributed by atoms with E-state index in [1.165, 1.54) is 10.4 Å². The van der Waals surface area contributed by atoms with Gasteiger partial charge in [0.15, 0.2) is 17.8 Å². The van der Waals surface area contributed by atoms with Crippen LogP contribution >= 0.6 is 0 Å². The number of fused-ring (bicyclic) bond motifs is 2. The highest BCUT2D eigenvalue weighted by Gasteiger charge is 2.44. The van der Waals surface area contributed by atoms with Crippen molar-refractivity contribution < 1.29 is 50.4 Å². The molecule has 48 heavy (non-hydrogen) atoms. The second kappa shape index (κ2) is 15.3. The highest BCUT2D eigenvalue weighted by atomic mass is 32.2. The van der Waals surface area contributed by atoms with Gasteiger partial charge in [0, 0.05) is 19.6 Å². The molecular weight excluding hydrogens is 666 g/mol. The highest BCUT2D eigenvalue weighted by Crippen LogP contribution is 2.40. The van der Waals surface area contributed by atoms with Crippen molar-refractivity contribution in [3.8, 4) is 11.5 Å². The van der Waals surface area contributed by atoms with Crippen LogP contribution in [0.2, 0.25) is 0 Å². The molecule has 2 saturated heterocycles. The van der Waals surface area contributed by atoms with Gasteiger partial charge in [0.2, 0.25) is 26.8 Å². The molecule has 2 aromatic rings. The molecule has 3 aliphatic rings. The Labute approximate surface area is 282 Å². The van der Waals surface area contributed by atoms with Gasteiger partial charge in [-0.05, 0) is 48.8 Å². The summed E-state index contributed by atoms with van der Waals surface area (Å²) in [5.74, 6) is 0.296. The molecule has 3 aliphatic heterocycles. The van der Waals surface area contributed by atoms with E-state index in [4.69, 9.17) is 23.7 Å². The lowest BCUT2D eigenvalue weighted by atomic mass is 9.87. The summed E-state index contributed by atoms with van der Waals surface area (Å²) in [4.78, 5) is 13.1. The number of nitrogens with zero attached hydrogens (tertiary/aromatic N) is 1. The summed E-state index contributed by atoms with van der Waals surface area (Å²) in [6.45, 7) is 4.12. The Balaban J connectivity index is 1.37. The molecule has 2 fully saturated rings.